The number of hydrogen-bond acceptors (Lipinski definition) is 10. The number of carboxylic acids is 1. The highest BCUT2D eigenvalue weighted by molar-refractivity contribution is 7.00. The van der Waals surface area contributed by atoms with Crippen LogP contribution in [0.1, 0.15) is 16.7 Å². The standard InChI is InChI=1S/C32H28ClN3O7S/c33-31-22(2-1-3-24(31)20-6-9-28-30(13-20)41-11-10-40-28)18-42-23-7-5-21(15-34-27(16-37)32(38)39)29(14-23)43-17-19-4-8-25-26(12-19)36-44-35-25/h1-9,12-14,27,34,37H,10-11,15-18H2,(H,38,39). The zero-order valence-electron chi connectivity index (χ0n) is 23.4. The summed E-state index contributed by atoms with van der Waals surface area (Å²) < 4.78 is 32.2. The molecule has 2 heterocycles. The van der Waals surface area contributed by atoms with Gasteiger partial charge in [-0.25, -0.2) is 0 Å². The summed E-state index contributed by atoms with van der Waals surface area (Å²) in [5.41, 5.74) is 5.76. The van der Waals surface area contributed by atoms with Crippen molar-refractivity contribution in [2.75, 3.05) is 19.8 Å². The Bertz CT molecular complexity index is 1800. The number of nitrogens with one attached hydrogen (secondary N) is 1. The second kappa shape index (κ2) is 13.5. The summed E-state index contributed by atoms with van der Waals surface area (Å²) in [6, 6.07) is 21.5. The highest BCUT2D eigenvalue weighted by atomic mass is 35.5. The quantitative estimate of drug-likeness (QED) is 0.162. The number of benzene rings is 4. The molecule has 1 atom stereocenters. The molecule has 0 fully saturated rings. The molecule has 1 unspecified atom stereocenters. The summed E-state index contributed by atoms with van der Waals surface area (Å²) in [5, 5.41) is 22.2. The van der Waals surface area contributed by atoms with Crippen LogP contribution in [0.4, 0.5) is 0 Å². The molecule has 3 N–H and O–H groups in total. The molecule has 44 heavy (non-hydrogen) atoms. The van der Waals surface area contributed by atoms with Crippen molar-refractivity contribution in [2.45, 2.75) is 25.8 Å². The number of carbonyl (C=O) groups is 1. The van der Waals surface area contributed by atoms with Crippen LogP contribution < -0.4 is 24.3 Å². The van der Waals surface area contributed by atoms with Gasteiger partial charge in [-0.2, -0.15) is 8.75 Å². The topological polar surface area (TPSA) is 132 Å². The number of halogens is 1. The molecule has 226 valence electrons. The SMILES string of the molecule is O=C(O)C(CO)NCc1ccc(OCc2cccc(-c3ccc4c(c3)OCCO4)c2Cl)cc1OCc1ccc2nsnc2c1. The van der Waals surface area contributed by atoms with E-state index < -0.39 is 18.6 Å². The predicted octanol–water partition coefficient (Wildman–Crippen LogP) is 5.48. The van der Waals surface area contributed by atoms with E-state index in [1.54, 1.807) is 18.2 Å². The van der Waals surface area contributed by atoms with E-state index >= 15 is 0 Å². The van der Waals surface area contributed by atoms with Gasteiger partial charge in [-0.15, -0.1) is 0 Å². The molecule has 0 amide bonds. The van der Waals surface area contributed by atoms with Crippen LogP contribution in [0.25, 0.3) is 22.2 Å². The van der Waals surface area contributed by atoms with Gasteiger partial charge in [-0.1, -0.05) is 48.0 Å². The highest BCUT2D eigenvalue weighted by Gasteiger charge is 2.18. The van der Waals surface area contributed by atoms with E-state index in [0.717, 1.165) is 45.0 Å². The van der Waals surface area contributed by atoms with E-state index in [2.05, 4.69) is 14.1 Å². The van der Waals surface area contributed by atoms with Crippen LogP contribution in [-0.4, -0.2) is 50.8 Å². The number of aliphatic hydroxyl groups is 1. The average Bonchev–Trinajstić information content (AvgIpc) is 3.52. The second-order valence-corrected chi connectivity index (χ2v) is 10.9. The molecule has 10 nitrogen and oxygen atoms in total. The lowest BCUT2D eigenvalue weighted by Crippen LogP contribution is -2.39. The number of nitrogens with zero attached hydrogens (tertiary/aromatic N) is 2. The molecule has 0 saturated heterocycles. The van der Waals surface area contributed by atoms with Crippen LogP contribution in [-0.2, 0) is 24.6 Å². The smallest absolute Gasteiger partial charge is 0.323 e. The average molecular weight is 634 g/mol. The van der Waals surface area contributed by atoms with Gasteiger partial charge in [-0.05, 0) is 41.5 Å². The first-order chi connectivity index (χ1) is 21.5. The molecule has 0 aliphatic carbocycles. The summed E-state index contributed by atoms with van der Waals surface area (Å²) in [7, 11) is 0. The molecule has 0 saturated carbocycles. The summed E-state index contributed by atoms with van der Waals surface area (Å²) in [6.07, 6.45) is 0. The molecule has 12 heteroatoms. The Morgan fingerprint density at radius 1 is 0.932 bits per heavy atom. The first-order valence-corrected chi connectivity index (χ1v) is 14.9. The van der Waals surface area contributed by atoms with Crippen molar-refractivity contribution in [3.8, 4) is 34.1 Å². The van der Waals surface area contributed by atoms with Crippen molar-refractivity contribution in [3.63, 3.8) is 0 Å². The molecule has 0 radical (unpaired) electrons. The summed E-state index contributed by atoms with van der Waals surface area (Å²) in [6.45, 7) is 1.09. The third-order valence-corrected chi connectivity index (χ3v) is 8.10. The third-order valence-electron chi connectivity index (χ3n) is 7.10. The fraction of sp³-hybridized carbons (Fsp3) is 0.219. The van der Waals surface area contributed by atoms with Gasteiger partial charge in [0.15, 0.2) is 11.5 Å². The minimum absolute atomic E-state index is 0.158. The Morgan fingerprint density at radius 3 is 2.61 bits per heavy atom. The van der Waals surface area contributed by atoms with Crippen LogP contribution in [0.3, 0.4) is 0 Å². The van der Waals surface area contributed by atoms with Gasteiger partial charge < -0.3 is 29.2 Å². The number of rotatable bonds is 12. The van der Waals surface area contributed by atoms with Crippen molar-refractivity contribution in [2.24, 2.45) is 0 Å². The van der Waals surface area contributed by atoms with Crippen molar-refractivity contribution in [3.05, 3.63) is 94.5 Å². The van der Waals surface area contributed by atoms with Gasteiger partial charge in [0.25, 0.3) is 0 Å². The molecule has 1 aromatic heterocycles. The lowest BCUT2D eigenvalue weighted by Gasteiger charge is -2.19. The summed E-state index contributed by atoms with van der Waals surface area (Å²) in [4.78, 5) is 11.4. The normalized spacial score (nSPS) is 13.0. The molecule has 5 aromatic rings. The number of aliphatic carboxylic acids is 1. The lowest BCUT2D eigenvalue weighted by atomic mass is 10.0. The summed E-state index contributed by atoms with van der Waals surface area (Å²) in [5.74, 6) is 1.30. The Morgan fingerprint density at radius 2 is 1.77 bits per heavy atom. The van der Waals surface area contributed by atoms with Gasteiger partial charge in [0.05, 0.1) is 23.4 Å². The molecular formula is C32H28ClN3O7S. The number of hydrogen-bond donors (Lipinski definition) is 3. The lowest BCUT2D eigenvalue weighted by molar-refractivity contribution is -0.140. The molecule has 0 bridgehead atoms. The Labute approximate surface area is 262 Å². The van der Waals surface area contributed by atoms with Crippen LogP contribution in [0.2, 0.25) is 5.02 Å². The Hall–Kier alpha value is -4.42. The second-order valence-electron chi connectivity index (χ2n) is 10.0. The van der Waals surface area contributed by atoms with Crippen molar-refractivity contribution in [1.82, 2.24) is 14.1 Å². The monoisotopic (exact) mass is 633 g/mol. The van der Waals surface area contributed by atoms with E-state index in [-0.39, 0.29) is 19.8 Å². The number of carboxylic acid groups (broad SMARTS) is 1. The molecule has 1 aliphatic rings. The highest BCUT2D eigenvalue weighted by Crippen LogP contribution is 2.38. The maximum absolute atomic E-state index is 11.4. The van der Waals surface area contributed by atoms with Gasteiger partial charge in [0.2, 0.25) is 0 Å². The number of fused-ring (bicyclic) bond motifs is 2. The number of aromatic nitrogens is 2. The Balaban J connectivity index is 1.20. The zero-order valence-corrected chi connectivity index (χ0v) is 24.9. The Kier molecular flexibility index (Phi) is 9.08. The van der Waals surface area contributed by atoms with Crippen molar-refractivity contribution >= 4 is 40.3 Å². The first kappa shape index (κ1) is 29.6. The van der Waals surface area contributed by atoms with Gasteiger partial charge in [-0.3, -0.25) is 10.1 Å². The van der Waals surface area contributed by atoms with Gasteiger partial charge >= 0.3 is 5.97 Å². The maximum atomic E-state index is 11.4. The van der Waals surface area contributed by atoms with Crippen LogP contribution in [0.15, 0.2) is 72.8 Å². The van der Waals surface area contributed by atoms with Crippen molar-refractivity contribution < 1.29 is 34.0 Å². The van der Waals surface area contributed by atoms with E-state index in [0.29, 0.717) is 46.8 Å². The summed E-state index contributed by atoms with van der Waals surface area (Å²) >= 11 is 8.00. The largest absolute Gasteiger partial charge is 0.489 e. The van der Waals surface area contributed by atoms with E-state index in [9.17, 15) is 15.0 Å². The number of aliphatic hydroxyl groups excluding tert-OH is 1. The zero-order chi connectivity index (χ0) is 30.5. The predicted molar refractivity (Wildman–Crippen MR) is 166 cm³/mol. The van der Waals surface area contributed by atoms with Crippen molar-refractivity contribution in [1.29, 1.82) is 0 Å². The van der Waals surface area contributed by atoms with Gasteiger partial charge in [0, 0.05) is 29.3 Å². The third kappa shape index (κ3) is 6.71. The fourth-order valence-electron chi connectivity index (χ4n) is 4.73. The maximum Gasteiger partial charge on any atom is 0.323 e. The fourth-order valence-corrected chi connectivity index (χ4v) is 5.54. The van der Waals surface area contributed by atoms with Crippen LogP contribution in [0, 0.1) is 0 Å². The first-order valence-electron chi connectivity index (χ1n) is 13.8. The minimum Gasteiger partial charge on any atom is -0.489 e. The van der Waals surface area contributed by atoms with E-state index in [1.165, 1.54) is 0 Å². The minimum atomic E-state index is -1.14. The van der Waals surface area contributed by atoms with E-state index in [1.807, 2.05) is 54.6 Å². The molecule has 4 aromatic carbocycles. The van der Waals surface area contributed by atoms with Crippen LogP contribution >= 0.6 is 23.3 Å². The van der Waals surface area contributed by atoms with E-state index in [4.69, 9.17) is 30.5 Å². The molecular weight excluding hydrogens is 606 g/mol. The van der Waals surface area contributed by atoms with Gasteiger partial charge in [0.1, 0.15) is 55.0 Å². The van der Waals surface area contributed by atoms with Crippen LogP contribution in [0.5, 0.6) is 23.0 Å². The number of ether oxygens (including phenoxy) is 4. The molecule has 0 spiro atoms. The molecule has 6 rings (SSSR count). The molecule has 1 aliphatic heterocycles.